The zero-order chi connectivity index (χ0) is 20.5. The highest BCUT2D eigenvalue weighted by Crippen LogP contribution is 2.31. The van der Waals surface area contributed by atoms with E-state index in [1.165, 1.54) is 0 Å². The number of para-hydroxylation sites is 1. The molecule has 2 aromatic rings. The van der Waals surface area contributed by atoms with Crippen molar-refractivity contribution in [3.8, 4) is 17.2 Å². The van der Waals surface area contributed by atoms with Gasteiger partial charge in [-0.05, 0) is 30.7 Å². The lowest BCUT2D eigenvalue weighted by atomic mass is 10.0. The third kappa shape index (κ3) is 5.54. The molecule has 3 N–H and O–H groups in total. The molecular weight excluding hydrogens is 370 g/mol. The quantitative estimate of drug-likeness (QED) is 0.468. The molecule has 3 rings (SSSR count). The topological polar surface area (TPSA) is 84.3 Å². The van der Waals surface area contributed by atoms with E-state index in [0.717, 1.165) is 35.8 Å². The van der Waals surface area contributed by atoms with Crippen LogP contribution in [-0.4, -0.2) is 44.5 Å². The van der Waals surface area contributed by atoms with Gasteiger partial charge in [-0.3, -0.25) is 0 Å². The van der Waals surface area contributed by atoms with Gasteiger partial charge in [-0.15, -0.1) is 0 Å². The molecule has 1 aliphatic heterocycles. The van der Waals surface area contributed by atoms with Crippen LogP contribution in [0.3, 0.4) is 0 Å². The predicted molar refractivity (Wildman–Crippen MR) is 113 cm³/mol. The van der Waals surface area contributed by atoms with E-state index >= 15 is 0 Å². The van der Waals surface area contributed by atoms with Crippen molar-refractivity contribution in [1.29, 1.82) is 0 Å². The first-order valence-electron chi connectivity index (χ1n) is 9.92. The van der Waals surface area contributed by atoms with E-state index in [1.54, 1.807) is 7.11 Å². The molecule has 0 spiro atoms. The van der Waals surface area contributed by atoms with Crippen LogP contribution in [0.2, 0.25) is 0 Å². The first-order valence-corrected chi connectivity index (χ1v) is 9.92. The molecule has 29 heavy (non-hydrogen) atoms. The van der Waals surface area contributed by atoms with Crippen molar-refractivity contribution in [2.24, 2.45) is 4.99 Å². The van der Waals surface area contributed by atoms with Crippen LogP contribution in [0.1, 0.15) is 30.5 Å². The Bertz CT molecular complexity index is 825. The number of aliphatic hydroxyl groups excluding tert-OH is 1. The summed E-state index contributed by atoms with van der Waals surface area (Å²) in [6.45, 7) is 4.19. The first-order chi connectivity index (χ1) is 14.2. The van der Waals surface area contributed by atoms with Crippen molar-refractivity contribution in [3.05, 3.63) is 53.6 Å². The SMILES string of the molecule is CCNC(=NCc1ccc(OCCO)c(OC)c1)NC1CCOc2ccccc21. The lowest BCUT2D eigenvalue weighted by molar-refractivity contribution is 0.196. The van der Waals surface area contributed by atoms with E-state index in [-0.39, 0.29) is 19.3 Å². The van der Waals surface area contributed by atoms with Gasteiger partial charge in [-0.1, -0.05) is 24.3 Å². The van der Waals surface area contributed by atoms with Crippen molar-refractivity contribution in [2.75, 3.05) is 33.5 Å². The van der Waals surface area contributed by atoms with Gasteiger partial charge in [0, 0.05) is 18.5 Å². The fourth-order valence-electron chi connectivity index (χ4n) is 3.23. The van der Waals surface area contributed by atoms with Crippen LogP contribution in [-0.2, 0) is 6.54 Å². The number of nitrogens with one attached hydrogen (secondary N) is 2. The molecular formula is C22H29N3O4. The lowest BCUT2D eigenvalue weighted by Gasteiger charge is -2.28. The molecule has 0 radical (unpaired) electrons. The fourth-order valence-corrected chi connectivity index (χ4v) is 3.23. The lowest BCUT2D eigenvalue weighted by Crippen LogP contribution is -2.41. The number of nitrogens with zero attached hydrogens (tertiary/aromatic N) is 1. The Morgan fingerprint density at radius 2 is 2.10 bits per heavy atom. The number of methoxy groups -OCH3 is 1. The molecule has 0 saturated heterocycles. The van der Waals surface area contributed by atoms with Crippen LogP contribution in [0.5, 0.6) is 17.2 Å². The number of hydrogen-bond acceptors (Lipinski definition) is 5. The minimum absolute atomic E-state index is 0.0394. The fraction of sp³-hybridized carbons (Fsp3) is 0.409. The Balaban J connectivity index is 1.71. The van der Waals surface area contributed by atoms with Crippen LogP contribution in [0.15, 0.2) is 47.5 Å². The molecule has 1 heterocycles. The van der Waals surface area contributed by atoms with Gasteiger partial charge >= 0.3 is 0 Å². The van der Waals surface area contributed by atoms with E-state index in [1.807, 2.05) is 43.3 Å². The smallest absolute Gasteiger partial charge is 0.192 e. The van der Waals surface area contributed by atoms with Gasteiger partial charge < -0.3 is 30.0 Å². The molecule has 1 aliphatic rings. The summed E-state index contributed by atoms with van der Waals surface area (Å²) in [6, 6.07) is 14.0. The van der Waals surface area contributed by atoms with Gasteiger partial charge in [0.25, 0.3) is 0 Å². The molecule has 0 aliphatic carbocycles. The van der Waals surface area contributed by atoms with Gasteiger partial charge in [0.1, 0.15) is 12.4 Å². The first kappa shape index (κ1) is 20.8. The highest BCUT2D eigenvalue weighted by molar-refractivity contribution is 5.80. The van der Waals surface area contributed by atoms with Gasteiger partial charge in [-0.25, -0.2) is 4.99 Å². The molecule has 0 amide bonds. The van der Waals surface area contributed by atoms with Crippen LogP contribution in [0.25, 0.3) is 0 Å². The van der Waals surface area contributed by atoms with E-state index in [9.17, 15) is 0 Å². The molecule has 0 bridgehead atoms. The van der Waals surface area contributed by atoms with Crippen molar-refractivity contribution in [2.45, 2.75) is 25.9 Å². The Morgan fingerprint density at radius 1 is 1.24 bits per heavy atom. The molecule has 7 heteroatoms. The maximum absolute atomic E-state index is 8.93. The van der Waals surface area contributed by atoms with Gasteiger partial charge in [0.15, 0.2) is 17.5 Å². The minimum Gasteiger partial charge on any atom is -0.493 e. The molecule has 1 atom stereocenters. The number of benzene rings is 2. The summed E-state index contributed by atoms with van der Waals surface area (Å²) in [4.78, 5) is 4.74. The average molecular weight is 399 g/mol. The Morgan fingerprint density at radius 3 is 2.90 bits per heavy atom. The van der Waals surface area contributed by atoms with Crippen LogP contribution < -0.4 is 24.8 Å². The number of fused-ring (bicyclic) bond motifs is 1. The Labute approximate surface area is 171 Å². The van der Waals surface area contributed by atoms with Crippen LogP contribution in [0.4, 0.5) is 0 Å². The molecule has 0 saturated carbocycles. The predicted octanol–water partition coefficient (Wildman–Crippen LogP) is 2.65. The highest BCUT2D eigenvalue weighted by Gasteiger charge is 2.21. The van der Waals surface area contributed by atoms with E-state index in [0.29, 0.717) is 24.7 Å². The number of ether oxygens (including phenoxy) is 3. The second-order valence-corrected chi connectivity index (χ2v) is 6.62. The third-order valence-electron chi connectivity index (χ3n) is 4.61. The van der Waals surface area contributed by atoms with Crippen molar-refractivity contribution in [1.82, 2.24) is 10.6 Å². The van der Waals surface area contributed by atoms with Crippen molar-refractivity contribution < 1.29 is 19.3 Å². The third-order valence-corrected chi connectivity index (χ3v) is 4.61. The van der Waals surface area contributed by atoms with Gasteiger partial charge in [-0.2, -0.15) is 0 Å². The Kier molecular flexibility index (Phi) is 7.58. The number of rotatable bonds is 8. The van der Waals surface area contributed by atoms with Gasteiger partial charge in [0.05, 0.1) is 32.9 Å². The zero-order valence-electron chi connectivity index (χ0n) is 17.0. The second-order valence-electron chi connectivity index (χ2n) is 6.62. The van der Waals surface area contributed by atoms with E-state index in [4.69, 9.17) is 24.3 Å². The minimum atomic E-state index is -0.0394. The summed E-state index contributed by atoms with van der Waals surface area (Å²) in [5.41, 5.74) is 2.15. The highest BCUT2D eigenvalue weighted by atomic mass is 16.5. The second kappa shape index (κ2) is 10.6. The monoisotopic (exact) mass is 399 g/mol. The molecule has 1 unspecified atom stereocenters. The number of aliphatic imine (C=N–C) groups is 1. The summed E-state index contributed by atoms with van der Waals surface area (Å²) in [5.74, 6) is 2.92. The number of aliphatic hydroxyl groups is 1. The average Bonchev–Trinajstić information content (AvgIpc) is 2.76. The molecule has 2 aromatic carbocycles. The molecule has 7 nitrogen and oxygen atoms in total. The van der Waals surface area contributed by atoms with Crippen LogP contribution >= 0.6 is 0 Å². The van der Waals surface area contributed by atoms with Crippen molar-refractivity contribution in [3.63, 3.8) is 0 Å². The van der Waals surface area contributed by atoms with Crippen molar-refractivity contribution >= 4 is 5.96 Å². The summed E-state index contributed by atoms with van der Waals surface area (Å²) >= 11 is 0. The maximum atomic E-state index is 8.93. The summed E-state index contributed by atoms with van der Waals surface area (Å²) in [6.07, 6.45) is 0.881. The Hall–Kier alpha value is -2.93. The molecule has 0 fully saturated rings. The summed E-state index contributed by atoms with van der Waals surface area (Å²) in [5, 5.41) is 15.8. The maximum Gasteiger partial charge on any atom is 0.192 e. The van der Waals surface area contributed by atoms with Crippen LogP contribution in [0, 0.1) is 0 Å². The standard InChI is InChI=1S/C22H29N3O4/c1-3-23-22(25-18-10-12-28-19-7-5-4-6-17(18)19)24-15-16-8-9-20(29-13-11-26)21(14-16)27-2/h4-9,14,18,26H,3,10-13,15H2,1-2H3,(H2,23,24,25). The normalized spacial score (nSPS) is 15.8. The number of hydrogen-bond donors (Lipinski definition) is 3. The van der Waals surface area contributed by atoms with Gasteiger partial charge in [0.2, 0.25) is 0 Å². The molecule has 0 aromatic heterocycles. The zero-order valence-corrected chi connectivity index (χ0v) is 17.0. The number of guanidine groups is 1. The summed E-state index contributed by atoms with van der Waals surface area (Å²) in [7, 11) is 1.60. The summed E-state index contributed by atoms with van der Waals surface area (Å²) < 4.78 is 16.6. The molecule has 156 valence electrons. The largest absolute Gasteiger partial charge is 0.493 e. The van der Waals surface area contributed by atoms with E-state index < -0.39 is 0 Å². The van der Waals surface area contributed by atoms with E-state index in [2.05, 4.69) is 16.7 Å².